The Hall–Kier alpha value is -3.47. The first kappa shape index (κ1) is 17.9. The van der Waals surface area contributed by atoms with E-state index in [2.05, 4.69) is 10.3 Å². The predicted octanol–water partition coefficient (Wildman–Crippen LogP) is 3.60. The summed E-state index contributed by atoms with van der Waals surface area (Å²) in [5.41, 5.74) is 3.59. The Balaban J connectivity index is 1.52. The standard InChI is InChI=1S/C23H21N3O2/c1-16-14-18-10-5-6-13-21(18)26(16)23(28)20-12-7-11-19(25-20)22(27)24-15-17-8-3-2-4-9-17/h2-13,16H,14-15H2,1H3,(H,24,27). The van der Waals surface area contributed by atoms with Crippen molar-refractivity contribution in [1.29, 1.82) is 0 Å². The van der Waals surface area contributed by atoms with Crippen LogP contribution in [0.25, 0.3) is 0 Å². The van der Waals surface area contributed by atoms with E-state index in [1.54, 1.807) is 23.1 Å². The quantitative estimate of drug-likeness (QED) is 0.762. The molecule has 4 rings (SSSR count). The highest BCUT2D eigenvalue weighted by atomic mass is 16.2. The van der Waals surface area contributed by atoms with Gasteiger partial charge < -0.3 is 10.2 Å². The zero-order valence-corrected chi connectivity index (χ0v) is 15.6. The third-order valence-corrected chi connectivity index (χ3v) is 4.92. The number of pyridine rings is 1. The maximum Gasteiger partial charge on any atom is 0.277 e. The molecule has 5 heteroatoms. The van der Waals surface area contributed by atoms with Crippen molar-refractivity contribution in [3.63, 3.8) is 0 Å². The lowest BCUT2D eigenvalue weighted by Gasteiger charge is -2.22. The van der Waals surface area contributed by atoms with Crippen molar-refractivity contribution in [3.05, 3.63) is 95.3 Å². The molecule has 1 unspecified atom stereocenters. The van der Waals surface area contributed by atoms with E-state index in [1.165, 1.54) is 0 Å². The van der Waals surface area contributed by atoms with Gasteiger partial charge in [-0.2, -0.15) is 0 Å². The first-order valence-electron chi connectivity index (χ1n) is 9.34. The number of hydrogen-bond acceptors (Lipinski definition) is 3. The Kier molecular flexibility index (Phi) is 4.89. The van der Waals surface area contributed by atoms with Crippen LogP contribution in [0, 0.1) is 0 Å². The lowest BCUT2D eigenvalue weighted by molar-refractivity contribution is 0.0945. The Morgan fingerprint density at radius 1 is 0.964 bits per heavy atom. The summed E-state index contributed by atoms with van der Waals surface area (Å²) in [6.07, 6.45) is 0.819. The van der Waals surface area contributed by atoms with E-state index >= 15 is 0 Å². The molecule has 1 aliphatic heterocycles. The second kappa shape index (κ2) is 7.64. The van der Waals surface area contributed by atoms with E-state index in [9.17, 15) is 9.59 Å². The van der Waals surface area contributed by atoms with Crippen LogP contribution in [0.3, 0.4) is 0 Å². The van der Waals surface area contributed by atoms with Crippen LogP contribution < -0.4 is 10.2 Å². The van der Waals surface area contributed by atoms with Gasteiger partial charge in [-0.15, -0.1) is 0 Å². The Labute approximate surface area is 164 Å². The number of carbonyl (C=O) groups is 2. The van der Waals surface area contributed by atoms with Crippen LogP contribution in [-0.2, 0) is 13.0 Å². The summed E-state index contributed by atoms with van der Waals surface area (Å²) in [6.45, 7) is 2.43. The molecular weight excluding hydrogens is 350 g/mol. The first-order valence-corrected chi connectivity index (χ1v) is 9.34. The molecule has 0 aliphatic carbocycles. The molecule has 5 nitrogen and oxygen atoms in total. The molecule has 3 aromatic rings. The first-order chi connectivity index (χ1) is 13.6. The Morgan fingerprint density at radius 2 is 1.68 bits per heavy atom. The van der Waals surface area contributed by atoms with Gasteiger partial charge in [-0.3, -0.25) is 9.59 Å². The number of fused-ring (bicyclic) bond motifs is 1. The summed E-state index contributed by atoms with van der Waals surface area (Å²) < 4.78 is 0. The van der Waals surface area contributed by atoms with E-state index in [0.717, 1.165) is 23.2 Å². The fourth-order valence-corrected chi connectivity index (χ4v) is 3.55. The van der Waals surface area contributed by atoms with E-state index in [-0.39, 0.29) is 29.2 Å². The average molecular weight is 371 g/mol. The van der Waals surface area contributed by atoms with Crippen LogP contribution in [0.1, 0.15) is 39.0 Å². The predicted molar refractivity (Wildman–Crippen MR) is 108 cm³/mol. The van der Waals surface area contributed by atoms with Crippen molar-refractivity contribution in [3.8, 4) is 0 Å². The van der Waals surface area contributed by atoms with Crippen molar-refractivity contribution in [2.24, 2.45) is 0 Å². The molecule has 1 aliphatic rings. The monoisotopic (exact) mass is 371 g/mol. The largest absolute Gasteiger partial charge is 0.347 e. The van der Waals surface area contributed by atoms with Gasteiger partial charge >= 0.3 is 0 Å². The molecule has 1 atom stereocenters. The van der Waals surface area contributed by atoms with Gasteiger partial charge in [-0.25, -0.2) is 4.98 Å². The highest BCUT2D eigenvalue weighted by Crippen LogP contribution is 2.32. The molecule has 2 amide bonds. The summed E-state index contributed by atoms with van der Waals surface area (Å²) in [6, 6.07) is 22.6. The van der Waals surface area contributed by atoms with Crippen LogP contribution in [0.15, 0.2) is 72.8 Å². The zero-order chi connectivity index (χ0) is 19.5. The number of carbonyl (C=O) groups excluding carboxylic acids is 2. The van der Waals surface area contributed by atoms with E-state index in [4.69, 9.17) is 0 Å². The molecular formula is C23H21N3O2. The summed E-state index contributed by atoms with van der Waals surface area (Å²) in [7, 11) is 0. The summed E-state index contributed by atoms with van der Waals surface area (Å²) in [5, 5.41) is 2.85. The van der Waals surface area contributed by atoms with E-state index < -0.39 is 0 Å². The fourth-order valence-electron chi connectivity index (χ4n) is 3.55. The number of rotatable bonds is 4. The van der Waals surface area contributed by atoms with Crippen molar-refractivity contribution in [2.45, 2.75) is 25.9 Å². The smallest absolute Gasteiger partial charge is 0.277 e. The molecule has 1 aromatic heterocycles. The summed E-state index contributed by atoms with van der Waals surface area (Å²) in [5.74, 6) is -0.483. The third-order valence-electron chi connectivity index (χ3n) is 4.92. The van der Waals surface area contributed by atoms with Gasteiger partial charge in [0.25, 0.3) is 11.8 Å². The van der Waals surface area contributed by atoms with Crippen LogP contribution in [0.2, 0.25) is 0 Å². The van der Waals surface area contributed by atoms with Gasteiger partial charge in [0.1, 0.15) is 11.4 Å². The molecule has 2 heterocycles. The normalized spacial score (nSPS) is 15.2. The van der Waals surface area contributed by atoms with Crippen LogP contribution >= 0.6 is 0 Å². The SMILES string of the molecule is CC1Cc2ccccc2N1C(=O)c1cccc(C(=O)NCc2ccccc2)n1. The van der Waals surface area contributed by atoms with E-state index in [1.807, 2.05) is 61.5 Å². The molecule has 1 N–H and O–H groups in total. The second-order valence-corrected chi connectivity index (χ2v) is 6.93. The van der Waals surface area contributed by atoms with Crippen molar-refractivity contribution in [1.82, 2.24) is 10.3 Å². The third kappa shape index (κ3) is 3.51. The number of benzene rings is 2. The van der Waals surface area contributed by atoms with Crippen molar-refractivity contribution < 1.29 is 9.59 Å². The lowest BCUT2D eigenvalue weighted by Crippen LogP contribution is -2.36. The molecule has 0 saturated carbocycles. The average Bonchev–Trinajstić information content (AvgIpc) is 3.08. The number of para-hydroxylation sites is 1. The molecule has 140 valence electrons. The van der Waals surface area contributed by atoms with Crippen molar-refractivity contribution >= 4 is 17.5 Å². The molecule has 0 radical (unpaired) electrons. The second-order valence-electron chi connectivity index (χ2n) is 6.93. The van der Waals surface area contributed by atoms with Gasteiger partial charge in [-0.1, -0.05) is 54.6 Å². The molecule has 2 aromatic carbocycles. The Bertz CT molecular complexity index is 1020. The molecule has 28 heavy (non-hydrogen) atoms. The molecule has 0 saturated heterocycles. The molecule has 0 bridgehead atoms. The molecule has 0 spiro atoms. The zero-order valence-electron chi connectivity index (χ0n) is 15.6. The summed E-state index contributed by atoms with van der Waals surface area (Å²) >= 11 is 0. The van der Waals surface area contributed by atoms with Gasteiger partial charge in [0.2, 0.25) is 0 Å². The highest BCUT2D eigenvalue weighted by Gasteiger charge is 2.32. The van der Waals surface area contributed by atoms with Crippen molar-refractivity contribution in [2.75, 3.05) is 4.90 Å². The number of hydrogen-bond donors (Lipinski definition) is 1. The van der Waals surface area contributed by atoms with Crippen LogP contribution in [-0.4, -0.2) is 22.8 Å². The minimum Gasteiger partial charge on any atom is -0.347 e. The number of nitrogens with zero attached hydrogens (tertiary/aromatic N) is 2. The topological polar surface area (TPSA) is 62.3 Å². The van der Waals surface area contributed by atoms with Crippen LogP contribution in [0.5, 0.6) is 0 Å². The minimum absolute atomic E-state index is 0.0577. The van der Waals surface area contributed by atoms with Gasteiger partial charge in [-0.05, 0) is 42.7 Å². The number of amides is 2. The minimum atomic E-state index is -0.298. The molecule has 0 fully saturated rings. The fraction of sp³-hybridized carbons (Fsp3) is 0.174. The maximum absolute atomic E-state index is 13.1. The van der Waals surface area contributed by atoms with Crippen LogP contribution in [0.4, 0.5) is 5.69 Å². The Morgan fingerprint density at radius 3 is 2.50 bits per heavy atom. The van der Waals surface area contributed by atoms with Gasteiger partial charge in [0.05, 0.1) is 0 Å². The highest BCUT2D eigenvalue weighted by molar-refractivity contribution is 6.07. The lowest BCUT2D eigenvalue weighted by atomic mass is 10.1. The number of anilines is 1. The number of nitrogens with one attached hydrogen (secondary N) is 1. The van der Waals surface area contributed by atoms with Gasteiger partial charge in [0.15, 0.2) is 0 Å². The van der Waals surface area contributed by atoms with Gasteiger partial charge in [0, 0.05) is 18.3 Å². The maximum atomic E-state index is 13.1. The summed E-state index contributed by atoms with van der Waals surface area (Å²) in [4.78, 5) is 31.7. The number of aromatic nitrogens is 1. The van der Waals surface area contributed by atoms with E-state index in [0.29, 0.717) is 6.54 Å².